The molecule has 0 unspecified atom stereocenters. The summed E-state index contributed by atoms with van der Waals surface area (Å²) < 4.78 is 42.7. The number of ether oxygens (including phenoxy) is 8. The van der Waals surface area contributed by atoms with Crippen molar-refractivity contribution in [2.24, 2.45) is 0 Å². The molecule has 0 fully saturated rings. The highest BCUT2D eigenvalue weighted by Crippen LogP contribution is 2.20. The Morgan fingerprint density at radius 3 is 1.71 bits per heavy atom. The molecule has 0 aliphatic carbocycles. The van der Waals surface area contributed by atoms with Gasteiger partial charge in [-0.3, -0.25) is 0 Å². The van der Waals surface area contributed by atoms with Gasteiger partial charge in [-0.15, -0.1) is 0 Å². The molecule has 0 spiro atoms. The van der Waals surface area contributed by atoms with Crippen LogP contribution in [0.5, 0.6) is 0 Å². The Labute approximate surface area is 204 Å². The lowest BCUT2D eigenvalue weighted by molar-refractivity contribution is 0.00763. The lowest BCUT2D eigenvalue weighted by atomic mass is 10.0. The van der Waals surface area contributed by atoms with Crippen molar-refractivity contribution in [3.63, 3.8) is 0 Å². The average molecular weight is 483 g/mol. The first-order valence-corrected chi connectivity index (χ1v) is 11.6. The van der Waals surface area contributed by atoms with Crippen LogP contribution in [0, 0.1) is 0 Å². The van der Waals surface area contributed by atoms with Crippen LogP contribution >= 0.6 is 0 Å². The molecule has 0 aliphatic rings. The van der Waals surface area contributed by atoms with Crippen LogP contribution in [0.25, 0.3) is 11.1 Å². The van der Waals surface area contributed by atoms with Gasteiger partial charge in [-0.25, -0.2) is 0 Å². The second-order valence-corrected chi connectivity index (χ2v) is 7.34. The van der Waals surface area contributed by atoms with Gasteiger partial charge in [-0.2, -0.15) is 0 Å². The number of hydrogen-bond acceptors (Lipinski definition) is 8. The first-order chi connectivity index (χ1) is 16.7. The average Bonchev–Trinajstić information content (AvgIpc) is 2.86. The fraction of sp³-hybridized carbons (Fsp3) is 0.615. The van der Waals surface area contributed by atoms with Crippen molar-refractivity contribution in [3.05, 3.63) is 48.2 Å². The van der Waals surface area contributed by atoms with E-state index in [2.05, 4.69) is 12.6 Å². The van der Waals surface area contributed by atoms with Crippen LogP contribution in [0.4, 0.5) is 0 Å². The van der Waals surface area contributed by atoms with E-state index in [1.54, 1.807) is 20.5 Å². The summed E-state index contributed by atoms with van der Waals surface area (Å²) in [7, 11) is 3.30. The molecular formula is C26H42O8. The van der Waals surface area contributed by atoms with Gasteiger partial charge in [0.25, 0.3) is 0 Å². The smallest absolute Gasteiger partial charge is 0.111 e. The summed E-state index contributed by atoms with van der Waals surface area (Å²) >= 11 is 0. The van der Waals surface area contributed by atoms with E-state index in [0.717, 1.165) is 22.3 Å². The molecule has 0 aliphatic heterocycles. The molecule has 194 valence electrons. The van der Waals surface area contributed by atoms with Gasteiger partial charge < -0.3 is 37.9 Å². The Morgan fingerprint density at radius 1 is 0.676 bits per heavy atom. The SMILES string of the molecule is C=C(COCCOCCOCCOC)c1cccc(C(C)=COCCOCCOCCOC)c1. The zero-order valence-electron chi connectivity index (χ0n) is 21.1. The Hall–Kier alpha value is -1.78. The predicted octanol–water partition coefficient (Wildman–Crippen LogP) is 3.45. The van der Waals surface area contributed by atoms with Crippen LogP contribution in [-0.4, -0.2) is 100 Å². The van der Waals surface area contributed by atoms with E-state index in [4.69, 9.17) is 37.9 Å². The van der Waals surface area contributed by atoms with Crippen LogP contribution in [0.2, 0.25) is 0 Å². The highest BCUT2D eigenvalue weighted by Gasteiger charge is 2.03. The lowest BCUT2D eigenvalue weighted by Crippen LogP contribution is -2.11. The summed E-state index contributed by atoms with van der Waals surface area (Å²) in [5, 5.41) is 0. The summed E-state index contributed by atoms with van der Waals surface area (Å²) in [6.07, 6.45) is 1.76. The molecule has 0 radical (unpaired) electrons. The third-order valence-electron chi connectivity index (χ3n) is 4.59. The molecule has 34 heavy (non-hydrogen) atoms. The van der Waals surface area contributed by atoms with Crippen molar-refractivity contribution < 1.29 is 37.9 Å². The minimum absolute atomic E-state index is 0.447. The number of hydrogen-bond donors (Lipinski definition) is 0. The third-order valence-corrected chi connectivity index (χ3v) is 4.59. The highest BCUT2D eigenvalue weighted by molar-refractivity contribution is 5.70. The summed E-state index contributed by atoms with van der Waals surface area (Å²) in [6.45, 7) is 13.2. The van der Waals surface area contributed by atoms with E-state index >= 15 is 0 Å². The standard InChI is InChI=1S/C26H42O8/c1-23(21-33-18-16-31-14-12-29-10-8-27-3)25-6-5-7-26(20-25)24(2)22-34-19-17-32-15-13-30-11-9-28-4/h5-7,20,22H,1,8-19,21H2,2-4H3. The molecule has 0 amide bonds. The highest BCUT2D eigenvalue weighted by atomic mass is 16.6. The molecule has 0 bridgehead atoms. The molecule has 0 heterocycles. The van der Waals surface area contributed by atoms with Crippen LogP contribution in [-0.2, 0) is 37.9 Å². The summed E-state index contributed by atoms with van der Waals surface area (Å²) in [5.74, 6) is 0. The number of methoxy groups -OCH3 is 2. The third kappa shape index (κ3) is 16.0. The molecule has 0 N–H and O–H groups in total. The normalized spacial score (nSPS) is 11.7. The van der Waals surface area contributed by atoms with E-state index in [0.29, 0.717) is 85.9 Å². The summed E-state index contributed by atoms with van der Waals surface area (Å²) in [4.78, 5) is 0. The zero-order chi connectivity index (χ0) is 24.7. The molecule has 0 saturated heterocycles. The van der Waals surface area contributed by atoms with Crippen LogP contribution < -0.4 is 0 Å². The molecule has 1 aromatic carbocycles. The maximum absolute atomic E-state index is 5.68. The fourth-order valence-corrected chi connectivity index (χ4v) is 2.67. The van der Waals surface area contributed by atoms with Crippen LogP contribution in [0.1, 0.15) is 18.1 Å². The van der Waals surface area contributed by atoms with Crippen molar-refractivity contribution >= 4 is 11.1 Å². The second-order valence-electron chi connectivity index (χ2n) is 7.34. The van der Waals surface area contributed by atoms with Crippen molar-refractivity contribution in [2.45, 2.75) is 6.92 Å². The molecule has 8 heteroatoms. The van der Waals surface area contributed by atoms with Gasteiger partial charge in [-0.1, -0.05) is 24.8 Å². The topological polar surface area (TPSA) is 73.8 Å². The second kappa shape index (κ2) is 21.7. The first kappa shape index (κ1) is 30.3. The van der Waals surface area contributed by atoms with Crippen molar-refractivity contribution in [1.29, 1.82) is 0 Å². The Kier molecular flexibility index (Phi) is 19.3. The van der Waals surface area contributed by atoms with Crippen molar-refractivity contribution in [3.8, 4) is 0 Å². The van der Waals surface area contributed by atoms with Crippen LogP contribution in [0.15, 0.2) is 37.1 Å². The van der Waals surface area contributed by atoms with Crippen molar-refractivity contribution in [2.75, 3.05) is 100 Å². The lowest BCUT2D eigenvalue weighted by Gasteiger charge is -2.11. The van der Waals surface area contributed by atoms with E-state index in [1.807, 2.05) is 25.1 Å². The van der Waals surface area contributed by atoms with Gasteiger partial charge in [0.05, 0.1) is 85.5 Å². The van der Waals surface area contributed by atoms with Gasteiger partial charge in [0.15, 0.2) is 0 Å². The molecular weight excluding hydrogens is 440 g/mol. The number of rotatable bonds is 23. The summed E-state index contributed by atoms with van der Waals surface area (Å²) in [6, 6.07) is 8.16. The van der Waals surface area contributed by atoms with E-state index in [9.17, 15) is 0 Å². The van der Waals surface area contributed by atoms with E-state index in [-0.39, 0.29) is 0 Å². The maximum atomic E-state index is 5.68. The monoisotopic (exact) mass is 482 g/mol. The molecule has 1 rings (SSSR count). The largest absolute Gasteiger partial charge is 0.498 e. The van der Waals surface area contributed by atoms with E-state index < -0.39 is 0 Å². The van der Waals surface area contributed by atoms with Crippen molar-refractivity contribution in [1.82, 2.24) is 0 Å². The molecule has 0 aromatic heterocycles. The Bertz CT molecular complexity index is 662. The van der Waals surface area contributed by atoms with Gasteiger partial charge in [-0.05, 0) is 35.3 Å². The number of allylic oxidation sites excluding steroid dienone is 1. The van der Waals surface area contributed by atoms with Gasteiger partial charge >= 0.3 is 0 Å². The minimum atomic E-state index is 0.447. The number of benzene rings is 1. The molecule has 0 saturated carbocycles. The van der Waals surface area contributed by atoms with Gasteiger partial charge in [0.2, 0.25) is 0 Å². The maximum Gasteiger partial charge on any atom is 0.111 e. The fourth-order valence-electron chi connectivity index (χ4n) is 2.67. The van der Waals surface area contributed by atoms with Crippen LogP contribution in [0.3, 0.4) is 0 Å². The quantitative estimate of drug-likeness (QED) is 0.173. The molecule has 8 nitrogen and oxygen atoms in total. The minimum Gasteiger partial charge on any atom is -0.498 e. The van der Waals surface area contributed by atoms with Gasteiger partial charge in [0, 0.05) is 14.2 Å². The molecule has 0 atom stereocenters. The zero-order valence-corrected chi connectivity index (χ0v) is 21.1. The predicted molar refractivity (Wildman–Crippen MR) is 133 cm³/mol. The Morgan fingerprint density at radius 2 is 1.15 bits per heavy atom. The first-order valence-electron chi connectivity index (χ1n) is 11.6. The summed E-state index contributed by atoms with van der Waals surface area (Å²) in [5.41, 5.74) is 4.05. The molecule has 1 aromatic rings. The van der Waals surface area contributed by atoms with Gasteiger partial charge in [0.1, 0.15) is 6.61 Å². The Balaban J connectivity index is 2.19. The van der Waals surface area contributed by atoms with E-state index in [1.165, 1.54) is 0 Å².